The highest BCUT2D eigenvalue weighted by molar-refractivity contribution is 6.31. The smallest absolute Gasteiger partial charge is 0.254 e. The van der Waals surface area contributed by atoms with Crippen LogP contribution in [-0.2, 0) is 0 Å². The highest BCUT2D eigenvalue weighted by atomic mass is 35.5. The number of aryl methyl sites for hydroxylation is 2. The van der Waals surface area contributed by atoms with Gasteiger partial charge in [0.1, 0.15) is 11.4 Å². The van der Waals surface area contributed by atoms with Crippen LogP contribution in [-0.4, -0.2) is 35.3 Å². The Morgan fingerprint density at radius 1 is 1.11 bits per heavy atom. The predicted octanol–water partition coefficient (Wildman–Crippen LogP) is 4.60. The Kier molecular flexibility index (Phi) is 4.47. The van der Waals surface area contributed by atoms with Gasteiger partial charge in [-0.25, -0.2) is 0 Å². The van der Waals surface area contributed by atoms with Crippen LogP contribution in [0.5, 0.6) is 5.75 Å². The number of rotatable bonds is 1. The zero-order chi connectivity index (χ0) is 19.2. The lowest BCUT2D eigenvalue weighted by Crippen LogP contribution is -2.52. The number of carbonyl (C=O) groups is 2. The Bertz CT molecular complexity index is 929. The van der Waals surface area contributed by atoms with Crippen LogP contribution >= 0.6 is 11.6 Å². The number of Topliss-reactive ketones (excluding diaryl/α,β-unsaturated/α-hetero) is 1. The number of piperidine rings is 1. The molecule has 0 saturated carbocycles. The van der Waals surface area contributed by atoms with Crippen molar-refractivity contribution in [1.29, 1.82) is 0 Å². The molecule has 1 amide bonds. The first-order valence-electron chi connectivity index (χ1n) is 9.26. The molecule has 0 radical (unpaired) electrons. The normalized spacial score (nSPS) is 18.2. The van der Waals surface area contributed by atoms with E-state index in [0.717, 1.165) is 16.7 Å². The van der Waals surface area contributed by atoms with Crippen LogP contribution in [0.3, 0.4) is 0 Å². The van der Waals surface area contributed by atoms with Crippen molar-refractivity contribution in [3.05, 3.63) is 63.7 Å². The Labute approximate surface area is 164 Å². The fourth-order valence-corrected chi connectivity index (χ4v) is 4.37. The number of benzene rings is 2. The topological polar surface area (TPSA) is 46.6 Å². The molecule has 4 nitrogen and oxygen atoms in total. The zero-order valence-electron chi connectivity index (χ0n) is 15.5. The Balaban J connectivity index is 1.53. The molecule has 1 spiro atoms. The molecule has 2 aromatic rings. The van der Waals surface area contributed by atoms with E-state index in [1.54, 1.807) is 6.07 Å². The van der Waals surface area contributed by atoms with Gasteiger partial charge in [0.25, 0.3) is 5.91 Å². The fourth-order valence-electron chi connectivity index (χ4n) is 4.09. The standard InChI is InChI=1S/C22H22ClNO3/c1-14-5-3-4-6-17(14)21(26)24-9-7-22(8-10-24)13-19(25)18-12-16(23)11-15(2)20(18)27-22/h3-6,11-12H,7-10,13H2,1-2H3. The lowest BCUT2D eigenvalue weighted by Gasteiger charge is -2.44. The largest absolute Gasteiger partial charge is 0.486 e. The Hall–Kier alpha value is -2.33. The molecular weight excluding hydrogens is 362 g/mol. The van der Waals surface area contributed by atoms with E-state index in [0.29, 0.717) is 48.7 Å². The van der Waals surface area contributed by atoms with Crippen molar-refractivity contribution in [3.63, 3.8) is 0 Å². The minimum atomic E-state index is -0.523. The van der Waals surface area contributed by atoms with Crippen LogP contribution in [0.15, 0.2) is 36.4 Å². The van der Waals surface area contributed by atoms with Crippen LogP contribution in [0, 0.1) is 13.8 Å². The summed E-state index contributed by atoms with van der Waals surface area (Å²) in [5, 5.41) is 0.554. The fraction of sp³-hybridized carbons (Fsp3) is 0.364. The summed E-state index contributed by atoms with van der Waals surface area (Å²) < 4.78 is 6.36. The summed E-state index contributed by atoms with van der Waals surface area (Å²) in [5.74, 6) is 0.767. The van der Waals surface area contributed by atoms with E-state index in [1.165, 1.54) is 0 Å². The molecule has 0 unspecified atom stereocenters. The van der Waals surface area contributed by atoms with E-state index in [-0.39, 0.29) is 11.7 Å². The summed E-state index contributed by atoms with van der Waals surface area (Å²) in [4.78, 5) is 27.4. The average molecular weight is 384 g/mol. The number of hydrogen-bond acceptors (Lipinski definition) is 3. The van der Waals surface area contributed by atoms with Crippen molar-refractivity contribution in [3.8, 4) is 5.75 Å². The van der Waals surface area contributed by atoms with Gasteiger partial charge in [0.2, 0.25) is 0 Å². The number of likely N-dealkylation sites (tertiary alicyclic amines) is 1. The van der Waals surface area contributed by atoms with Crippen molar-refractivity contribution in [2.75, 3.05) is 13.1 Å². The van der Waals surface area contributed by atoms with Gasteiger partial charge in [-0.3, -0.25) is 9.59 Å². The van der Waals surface area contributed by atoms with E-state index in [1.807, 2.05) is 49.1 Å². The minimum Gasteiger partial charge on any atom is -0.486 e. The van der Waals surface area contributed by atoms with Crippen LogP contribution in [0.1, 0.15) is 51.1 Å². The lowest BCUT2D eigenvalue weighted by atomic mass is 9.82. The minimum absolute atomic E-state index is 0.0495. The van der Waals surface area contributed by atoms with E-state index in [2.05, 4.69) is 0 Å². The monoisotopic (exact) mass is 383 g/mol. The van der Waals surface area contributed by atoms with Gasteiger partial charge in [-0.05, 0) is 43.2 Å². The van der Waals surface area contributed by atoms with Gasteiger partial charge in [-0.2, -0.15) is 0 Å². The summed E-state index contributed by atoms with van der Waals surface area (Å²) >= 11 is 6.10. The molecular formula is C22H22ClNO3. The number of nitrogens with zero attached hydrogens (tertiary/aromatic N) is 1. The molecule has 140 valence electrons. The SMILES string of the molecule is Cc1ccccc1C(=O)N1CCC2(CC1)CC(=O)c1cc(Cl)cc(C)c1O2. The first-order valence-corrected chi connectivity index (χ1v) is 9.64. The lowest BCUT2D eigenvalue weighted by molar-refractivity contribution is -0.00618. The van der Waals surface area contributed by atoms with E-state index in [9.17, 15) is 9.59 Å². The quantitative estimate of drug-likeness (QED) is 0.723. The Morgan fingerprint density at radius 2 is 1.81 bits per heavy atom. The second-order valence-electron chi connectivity index (χ2n) is 7.59. The number of ether oxygens (including phenoxy) is 1. The van der Waals surface area contributed by atoms with Crippen LogP contribution in [0.25, 0.3) is 0 Å². The number of carbonyl (C=O) groups excluding carboxylic acids is 2. The van der Waals surface area contributed by atoms with Gasteiger partial charge >= 0.3 is 0 Å². The molecule has 4 rings (SSSR count). The number of ketones is 1. The maximum absolute atomic E-state index is 12.8. The molecule has 5 heteroatoms. The maximum atomic E-state index is 12.8. The third-order valence-corrected chi connectivity index (χ3v) is 5.90. The molecule has 0 aliphatic carbocycles. The van der Waals surface area contributed by atoms with E-state index in [4.69, 9.17) is 16.3 Å². The highest BCUT2D eigenvalue weighted by Gasteiger charge is 2.44. The third-order valence-electron chi connectivity index (χ3n) is 5.68. The van der Waals surface area contributed by atoms with Gasteiger partial charge in [0.05, 0.1) is 12.0 Å². The summed E-state index contributed by atoms with van der Waals surface area (Å²) in [6.45, 7) is 5.03. The van der Waals surface area contributed by atoms with Crippen LogP contribution in [0.4, 0.5) is 0 Å². The molecule has 0 aromatic heterocycles. The number of halogens is 1. The molecule has 2 heterocycles. The van der Waals surface area contributed by atoms with Gasteiger partial charge in [0, 0.05) is 36.5 Å². The van der Waals surface area contributed by atoms with Crippen molar-refractivity contribution < 1.29 is 14.3 Å². The van der Waals surface area contributed by atoms with E-state index < -0.39 is 5.60 Å². The predicted molar refractivity (Wildman–Crippen MR) is 105 cm³/mol. The van der Waals surface area contributed by atoms with Crippen LogP contribution < -0.4 is 4.74 Å². The van der Waals surface area contributed by atoms with E-state index >= 15 is 0 Å². The summed E-state index contributed by atoms with van der Waals surface area (Å²) in [6.07, 6.45) is 1.64. The molecule has 2 aromatic carbocycles. The molecule has 0 atom stereocenters. The van der Waals surface area contributed by atoms with Crippen molar-refractivity contribution in [2.24, 2.45) is 0 Å². The van der Waals surface area contributed by atoms with Crippen molar-refractivity contribution in [2.45, 2.75) is 38.7 Å². The summed E-state index contributed by atoms with van der Waals surface area (Å²) in [7, 11) is 0. The van der Waals surface area contributed by atoms with Gasteiger partial charge in [-0.15, -0.1) is 0 Å². The summed E-state index contributed by atoms with van der Waals surface area (Å²) in [5.41, 5.74) is 2.65. The maximum Gasteiger partial charge on any atom is 0.254 e. The average Bonchev–Trinajstić information content (AvgIpc) is 2.63. The molecule has 1 fully saturated rings. The first kappa shape index (κ1) is 18.1. The van der Waals surface area contributed by atoms with Crippen LogP contribution in [0.2, 0.25) is 5.02 Å². The first-order chi connectivity index (χ1) is 12.9. The molecule has 1 saturated heterocycles. The van der Waals surface area contributed by atoms with Crippen molar-refractivity contribution >= 4 is 23.3 Å². The number of hydrogen-bond donors (Lipinski definition) is 0. The second-order valence-corrected chi connectivity index (χ2v) is 8.03. The molecule has 27 heavy (non-hydrogen) atoms. The second kappa shape index (κ2) is 6.68. The number of fused-ring (bicyclic) bond motifs is 1. The molecule has 0 N–H and O–H groups in total. The summed E-state index contributed by atoms with van der Waals surface area (Å²) in [6, 6.07) is 11.2. The highest BCUT2D eigenvalue weighted by Crippen LogP contribution is 2.42. The zero-order valence-corrected chi connectivity index (χ0v) is 16.3. The third kappa shape index (κ3) is 3.23. The Morgan fingerprint density at radius 3 is 2.52 bits per heavy atom. The molecule has 2 aliphatic heterocycles. The van der Waals surface area contributed by atoms with Gasteiger partial charge < -0.3 is 9.64 Å². The van der Waals surface area contributed by atoms with Crippen molar-refractivity contribution in [1.82, 2.24) is 4.90 Å². The number of amides is 1. The molecule has 0 bridgehead atoms. The van der Waals surface area contributed by atoms with Gasteiger partial charge in [-0.1, -0.05) is 29.8 Å². The molecule has 2 aliphatic rings. The van der Waals surface area contributed by atoms with Gasteiger partial charge in [0.15, 0.2) is 5.78 Å².